The number of hydrogen-bond donors (Lipinski definition) is 1. The quantitative estimate of drug-likeness (QED) is 0.369. The number of benzene rings is 1. The van der Waals surface area contributed by atoms with Crippen molar-refractivity contribution < 1.29 is 14.4 Å². The standard InChI is InChI=1S/C20H20N6O4/c1-24-9-7-21-19(24)17(13-10-14(29-2)12-15(11-13)30-3)23-18-20(26(27)28)25-8-5-4-6-16(25)22-18/h4-12,17,23H,1-3H3. The van der Waals surface area contributed by atoms with Gasteiger partial charge in [-0.3, -0.25) is 0 Å². The molecular weight excluding hydrogens is 388 g/mol. The molecule has 10 heteroatoms. The van der Waals surface area contributed by atoms with E-state index in [0.29, 0.717) is 23.0 Å². The van der Waals surface area contributed by atoms with Gasteiger partial charge in [-0.2, -0.15) is 9.38 Å². The van der Waals surface area contributed by atoms with Crippen molar-refractivity contribution in [3.8, 4) is 11.5 Å². The zero-order valence-corrected chi connectivity index (χ0v) is 16.6. The number of methoxy groups -OCH3 is 2. The average Bonchev–Trinajstić information content (AvgIpc) is 3.34. The van der Waals surface area contributed by atoms with Crippen LogP contribution in [0.5, 0.6) is 11.5 Å². The van der Waals surface area contributed by atoms with E-state index in [9.17, 15) is 10.1 Å². The molecule has 30 heavy (non-hydrogen) atoms. The van der Waals surface area contributed by atoms with Crippen LogP contribution in [-0.4, -0.2) is 38.1 Å². The molecule has 0 fully saturated rings. The molecule has 1 N–H and O–H groups in total. The number of rotatable bonds is 7. The second-order valence-corrected chi connectivity index (χ2v) is 6.59. The lowest BCUT2D eigenvalue weighted by Crippen LogP contribution is -2.18. The van der Waals surface area contributed by atoms with Crippen molar-refractivity contribution in [3.63, 3.8) is 0 Å². The maximum atomic E-state index is 11.8. The predicted molar refractivity (Wildman–Crippen MR) is 110 cm³/mol. The number of nitrogens with zero attached hydrogens (tertiary/aromatic N) is 5. The van der Waals surface area contributed by atoms with Gasteiger partial charge >= 0.3 is 5.82 Å². The van der Waals surface area contributed by atoms with Crippen LogP contribution in [-0.2, 0) is 7.05 Å². The lowest BCUT2D eigenvalue weighted by molar-refractivity contribution is -0.389. The van der Waals surface area contributed by atoms with Crippen LogP contribution >= 0.6 is 0 Å². The van der Waals surface area contributed by atoms with Gasteiger partial charge in [0.05, 0.1) is 20.4 Å². The van der Waals surface area contributed by atoms with Gasteiger partial charge in [-0.05, 0) is 28.7 Å². The number of nitrogens with one attached hydrogen (secondary N) is 1. The third kappa shape index (κ3) is 3.39. The van der Waals surface area contributed by atoms with Crippen LogP contribution in [0.15, 0.2) is 55.0 Å². The second-order valence-electron chi connectivity index (χ2n) is 6.59. The van der Waals surface area contributed by atoms with Gasteiger partial charge in [0.2, 0.25) is 11.5 Å². The van der Waals surface area contributed by atoms with E-state index < -0.39 is 11.0 Å². The van der Waals surface area contributed by atoms with Crippen molar-refractivity contribution in [3.05, 3.63) is 76.5 Å². The molecule has 154 valence electrons. The van der Waals surface area contributed by atoms with Gasteiger partial charge in [0.15, 0.2) is 0 Å². The summed E-state index contributed by atoms with van der Waals surface area (Å²) < 4.78 is 14.1. The fraction of sp³-hybridized carbons (Fsp3) is 0.200. The Balaban J connectivity index is 1.88. The van der Waals surface area contributed by atoms with E-state index in [1.54, 1.807) is 57.1 Å². The summed E-state index contributed by atoms with van der Waals surface area (Å²) in [4.78, 5) is 20.2. The monoisotopic (exact) mass is 408 g/mol. The summed E-state index contributed by atoms with van der Waals surface area (Å²) >= 11 is 0. The van der Waals surface area contributed by atoms with Gasteiger partial charge in [0.1, 0.15) is 23.4 Å². The van der Waals surface area contributed by atoms with Crippen molar-refractivity contribution in [1.82, 2.24) is 18.9 Å². The van der Waals surface area contributed by atoms with Crippen molar-refractivity contribution in [2.45, 2.75) is 6.04 Å². The molecule has 0 aliphatic rings. The van der Waals surface area contributed by atoms with E-state index in [1.807, 2.05) is 23.7 Å². The maximum Gasteiger partial charge on any atom is 0.372 e. The fourth-order valence-electron chi connectivity index (χ4n) is 3.34. The third-order valence-corrected chi connectivity index (χ3v) is 4.78. The SMILES string of the molecule is COc1cc(OC)cc(C(Nc2nc3ccccn3c2[N+](=O)[O-])c2nccn2C)c1. The summed E-state index contributed by atoms with van der Waals surface area (Å²) in [7, 11) is 4.98. The van der Waals surface area contributed by atoms with E-state index in [-0.39, 0.29) is 11.6 Å². The van der Waals surface area contributed by atoms with E-state index >= 15 is 0 Å². The average molecular weight is 408 g/mol. The summed E-state index contributed by atoms with van der Waals surface area (Å²) in [5, 5.41) is 15.0. The number of hydrogen-bond acceptors (Lipinski definition) is 7. The topological polar surface area (TPSA) is 109 Å². The summed E-state index contributed by atoms with van der Waals surface area (Å²) in [6.45, 7) is 0. The Hall–Kier alpha value is -4.08. The first-order valence-corrected chi connectivity index (χ1v) is 9.10. The maximum absolute atomic E-state index is 11.8. The number of pyridine rings is 1. The Morgan fingerprint density at radius 1 is 1.13 bits per heavy atom. The highest BCUT2D eigenvalue weighted by molar-refractivity contribution is 5.63. The Morgan fingerprint density at radius 3 is 2.47 bits per heavy atom. The van der Waals surface area contributed by atoms with Gasteiger partial charge in [0, 0.05) is 31.6 Å². The van der Waals surface area contributed by atoms with Crippen LogP contribution in [0.1, 0.15) is 17.4 Å². The van der Waals surface area contributed by atoms with Crippen LogP contribution in [0.4, 0.5) is 11.6 Å². The third-order valence-electron chi connectivity index (χ3n) is 4.78. The van der Waals surface area contributed by atoms with Crippen LogP contribution < -0.4 is 14.8 Å². The number of anilines is 1. The smallest absolute Gasteiger partial charge is 0.372 e. The minimum absolute atomic E-state index is 0.140. The highest BCUT2D eigenvalue weighted by atomic mass is 16.6. The zero-order valence-electron chi connectivity index (χ0n) is 16.6. The normalized spacial score (nSPS) is 12.0. The number of imidazole rings is 2. The number of nitro groups is 1. The first-order chi connectivity index (χ1) is 14.5. The number of fused-ring (bicyclic) bond motifs is 1. The van der Waals surface area contributed by atoms with Crippen molar-refractivity contribution in [2.75, 3.05) is 19.5 Å². The molecule has 10 nitrogen and oxygen atoms in total. The molecule has 0 spiro atoms. The molecule has 0 amide bonds. The molecule has 0 saturated heterocycles. The number of aromatic nitrogens is 4. The van der Waals surface area contributed by atoms with Gasteiger partial charge in [-0.25, -0.2) is 4.98 Å². The van der Waals surface area contributed by atoms with Gasteiger partial charge in [0.25, 0.3) is 0 Å². The highest BCUT2D eigenvalue weighted by Crippen LogP contribution is 2.34. The minimum Gasteiger partial charge on any atom is -0.497 e. The molecule has 3 aromatic heterocycles. The predicted octanol–water partition coefficient (Wildman–Crippen LogP) is 3.19. The minimum atomic E-state index is -0.544. The Morgan fingerprint density at radius 2 is 1.87 bits per heavy atom. The second kappa shape index (κ2) is 7.74. The summed E-state index contributed by atoms with van der Waals surface area (Å²) in [5.74, 6) is 1.82. The first-order valence-electron chi connectivity index (χ1n) is 9.10. The van der Waals surface area contributed by atoms with Crippen LogP contribution in [0.3, 0.4) is 0 Å². The molecule has 0 radical (unpaired) electrons. The molecule has 0 saturated carbocycles. The van der Waals surface area contributed by atoms with Crippen molar-refractivity contribution >= 4 is 17.3 Å². The van der Waals surface area contributed by atoms with Gasteiger partial charge in [-0.1, -0.05) is 6.07 Å². The molecule has 0 bridgehead atoms. The molecule has 0 aliphatic carbocycles. The van der Waals surface area contributed by atoms with Gasteiger partial charge in [-0.15, -0.1) is 0 Å². The molecule has 4 aromatic rings. The summed E-state index contributed by atoms with van der Waals surface area (Å²) in [6, 6.07) is 10.1. The Kier molecular flexibility index (Phi) is 4.97. The van der Waals surface area contributed by atoms with Crippen LogP contribution in [0.25, 0.3) is 5.65 Å². The molecular formula is C20H20N6O4. The number of ether oxygens (including phenoxy) is 2. The lowest BCUT2D eigenvalue weighted by atomic mass is 10.0. The highest BCUT2D eigenvalue weighted by Gasteiger charge is 2.28. The van der Waals surface area contributed by atoms with Crippen LogP contribution in [0.2, 0.25) is 0 Å². The van der Waals surface area contributed by atoms with E-state index in [2.05, 4.69) is 15.3 Å². The lowest BCUT2D eigenvalue weighted by Gasteiger charge is -2.20. The van der Waals surface area contributed by atoms with Gasteiger partial charge < -0.3 is 29.5 Å². The summed E-state index contributed by atoms with van der Waals surface area (Å²) in [6.07, 6.45) is 5.08. The molecule has 3 heterocycles. The van der Waals surface area contributed by atoms with E-state index in [4.69, 9.17) is 9.47 Å². The fourth-order valence-corrected chi connectivity index (χ4v) is 3.34. The summed E-state index contributed by atoms with van der Waals surface area (Å²) in [5.41, 5.74) is 1.22. The molecule has 1 unspecified atom stereocenters. The Labute approximate surface area is 171 Å². The Bertz CT molecular complexity index is 1190. The van der Waals surface area contributed by atoms with Crippen molar-refractivity contribution in [1.29, 1.82) is 0 Å². The van der Waals surface area contributed by atoms with Crippen LogP contribution in [0, 0.1) is 10.1 Å². The van der Waals surface area contributed by atoms with E-state index in [1.165, 1.54) is 4.40 Å². The molecule has 4 rings (SSSR count). The zero-order chi connectivity index (χ0) is 21.3. The van der Waals surface area contributed by atoms with Crippen molar-refractivity contribution in [2.24, 2.45) is 7.05 Å². The number of aryl methyl sites for hydroxylation is 1. The molecule has 1 aromatic carbocycles. The molecule has 0 aliphatic heterocycles. The largest absolute Gasteiger partial charge is 0.497 e. The van der Waals surface area contributed by atoms with E-state index in [0.717, 1.165) is 5.56 Å². The first kappa shape index (κ1) is 19.2. The molecule has 1 atom stereocenters.